The lowest BCUT2D eigenvalue weighted by molar-refractivity contribution is -0.385. The fraction of sp³-hybridized carbons (Fsp3) is 0. The topological polar surface area (TPSA) is 141 Å². The van der Waals surface area contributed by atoms with Crippen molar-refractivity contribution in [2.45, 2.75) is 0 Å². The third-order valence-electron chi connectivity index (χ3n) is 3.76. The standard InChI is InChI=1S/C18H11BrN4O6/c19-15-9-11(22(25)26)5-7-13(15)17-8-6-12(29-17)10-20-21-18(24)14-3-1-2-4-16(14)23(27)28/h1-10H,(H,21,24)/b20-10-. The number of nitrogens with zero attached hydrogens (tertiary/aromatic N) is 3. The van der Waals surface area contributed by atoms with Crippen LogP contribution in [-0.4, -0.2) is 22.0 Å². The summed E-state index contributed by atoms with van der Waals surface area (Å²) < 4.78 is 6.07. The van der Waals surface area contributed by atoms with Crippen LogP contribution in [0.25, 0.3) is 11.3 Å². The first-order valence-electron chi connectivity index (χ1n) is 7.98. The van der Waals surface area contributed by atoms with E-state index < -0.39 is 15.8 Å². The SMILES string of the molecule is O=C(N/N=C\c1ccc(-c2ccc([N+](=O)[O-])cc2Br)o1)c1ccccc1[N+](=O)[O-]. The predicted molar refractivity (Wildman–Crippen MR) is 107 cm³/mol. The van der Waals surface area contributed by atoms with Gasteiger partial charge in [0.1, 0.15) is 17.1 Å². The van der Waals surface area contributed by atoms with Crippen LogP contribution >= 0.6 is 15.9 Å². The van der Waals surface area contributed by atoms with Gasteiger partial charge in [0, 0.05) is 28.2 Å². The summed E-state index contributed by atoms with van der Waals surface area (Å²) in [7, 11) is 0. The van der Waals surface area contributed by atoms with Crippen molar-refractivity contribution in [2.75, 3.05) is 0 Å². The van der Waals surface area contributed by atoms with Crippen LogP contribution in [0.5, 0.6) is 0 Å². The van der Waals surface area contributed by atoms with Crippen LogP contribution in [0.15, 0.2) is 68.6 Å². The second-order valence-electron chi connectivity index (χ2n) is 5.60. The van der Waals surface area contributed by atoms with Crippen molar-refractivity contribution in [1.29, 1.82) is 0 Å². The molecule has 0 spiro atoms. The highest BCUT2D eigenvalue weighted by molar-refractivity contribution is 9.10. The van der Waals surface area contributed by atoms with Crippen molar-refractivity contribution in [2.24, 2.45) is 5.10 Å². The first-order valence-corrected chi connectivity index (χ1v) is 8.77. The quantitative estimate of drug-likeness (QED) is 0.331. The number of furan rings is 1. The van der Waals surface area contributed by atoms with Gasteiger partial charge >= 0.3 is 0 Å². The maximum atomic E-state index is 12.1. The molecule has 29 heavy (non-hydrogen) atoms. The van der Waals surface area contributed by atoms with Gasteiger partial charge in [-0.25, -0.2) is 5.43 Å². The average molecular weight is 459 g/mol. The zero-order chi connectivity index (χ0) is 21.0. The molecule has 0 aliphatic heterocycles. The summed E-state index contributed by atoms with van der Waals surface area (Å²) in [6, 6.07) is 13.0. The zero-order valence-corrected chi connectivity index (χ0v) is 16.0. The van der Waals surface area contributed by atoms with Crippen LogP contribution in [0, 0.1) is 20.2 Å². The summed E-state index contributed by atoms with van der Waals surface area (Å²) >= 11 is 3.27. The van der Waals surface area contributed by atoms with Gasteiger partial charge in [0.05, 0.1) is 16.1 Å². The summed E-state index contributed by atoms with van der Waals surface area (Å²) in [5.74, 6) is -0.00944. The van der Waals surface area contributed by atoms with E-state index in [-0.39, 0.29) is 16.9 Å². The Balaban J connectivity index is 1.72. The molecule has 0 radical (unpaired) electrons. The van der Waals surface area contributed by atoms with E-state index in [0.717, 1.165) is 0 Å². The Labute approximate surface area is 171 Å². The van der Waals surface area contributed by atoms with Crippen LogP contribution in [0.1, 0.15) is 16.1 Å². The molecule has 0 unspecified atom stereocenters. The molecule has 3 aromatic rings. The normalized spacial score (nSPS) is 10.8. The number of halogens is 1. The number of carbonyl (C=O) groups excluding carboxylic acids is 1. The Morgan fingerprint density at radius 1 is 1.07 bits per heavy atom. The summed E-state index contributed by atoms with van der Waals surface area (Å²) in [6.07, 6.45) is 1.23. The molecule has 11 heteroatoms. The first kappa shape index (κ1) is 19.9. The molecule has 0 aliphatic carbocycles. The van der Waals surface area contributed by atoms with Crippen LogP contribution in [-0.2, 0) is 0 Å². The van der Waals surface area contributed by atoms with Crippen molar-refractivity contribution in [3.8, 4) is 11.3 Å². The second kappa shape index (κ2) is 8.44. The van der Waals surface area contributed by atoms with Crippen molar-refractivity contribution in [3.05, 3.63) is 90.6 Å². The molecule has 1 amide bonds. The van der Waals surface area contributed by atoms with Gasteiger partial charge in [-0.2, -0.15) is 5.10 Å². The van der Waals surface area contributed by atoms with E-state index >= 15 is 0 Å². The van der Waals surface area contributed by atoms with Gasteiger partial charge in [-0.05, 0) is 40.2 Å². The van der Waals surface area contributed by atoms with E-state index in [4.69, 9.17) is 4.42 Å². The van der Waals surface area contributed by atoms with E-state index in [1.165, 1.54) is 48.7 Å². The maximum absolute atomic E-state index is 12.1. The minimum atomic E-state index is -0.738. The van der Waals surface area contributed by atoms with Crippen molar-refractivity contribution in [3.63, 3.8) is 0 Å². The number of nitro groups is 2. The van der Waals surface area contributed by atoms with Crippen LogP contribution in [0.4, 0.5) is 11.4 Å². The highest BCUT2D eigenvalue weighted by Crippen LogP contribution is 2.32. The third kappa shape index (κ3) is 4.52. The summed E-state index contributed by atoms with van der Waals surface area (Å²) in [6.45, 7) is 0. The van der Waals surface area contributed by atoms with Crippen LogP contribution in [0.2, 0.25) is 0 Å². The third-order valence-corrected chi connectivity index (χ3v) is 4.42. The lowest BCUT2D eigenvalue weighted by Gasteiger charge is -2.01. The van der Waals surface area contributed by atoms with E-state index in [1.807, 2.05) is 0 Å². The molecule has 0 saturated heterocycles. The number of para-hydroxylation sites is 1. The number of hydrazone groups is 1. The first-order chi connectivity index (χ1) is 13.9. The Hall–Kier alpha value is -3.86. The second-order valence-corrected chi connectivity index (χ2v) is 6.45. The number of nitrogens with one attached hydrogen (secondary N) is 1. The molecule has 0 bridgehead atoms. The van der Waals surface area contributed by atoms with Gasteiger partial charge in [-0.1, -0.05) is 12.1 Å². The highest BCUT2D eigenvalue weighted by Gasteiger charge is 2.18. The number of non-ortho nitro benzene ring substituents is 1. The molecule has 1 heterocycles. The van der Waals surface area contributed by atoms with Crippen molar-refractivity contribution in [1.82, 2.24) is 5.43 Å². The molecular weight excluding hydrogens is 448 g/mol. The average Bonchev–Trinajstić information content (AvgIpc) is 3.16. The molecular formula is C18H11BrN4O6. The maximum Gasteiger partial charge on any atom is 0.282 e. The number of nitro benzene ring substituents is 2. The molecule has 1 N–H and O–H groups in total. The highest BCUT2D eigenvalue weighted by atomic mass is 79.9. The fourth-order valence-corrected chi connectivity index (χ4v) is 2.99. The van der Waals surface area contributed by atoms with Crippen LogP contribution in [0.3, 0.4) is 0 Å². The van der Waals surface area contributed by atoms with E-state index in [0.29, 0.717) is 21.6 Å². The molecule has 10 nitrogen and oxygen atoms in total. The summed E-state index contributed by atoms with van der Waals surface area (Å²) in [5.41, 5.74) is 2.29. The Bertz CT molecular complexity index is 1140. The van der Waals surface area contributed by atoms with Gasteiger partial charge in [0.2, 0.25) is 0 Å². The number of hydrogen-bond acceptors (Lipinski definition) is 7. The summed E-state index contributed by atoms with van der Waals surface area (Å²) in [5, 5.41) is 25.5. The molecule has 1 aromatic heterocycles. The number of hydrogen-bond donors (Lipinski definition) is 1. The summed E-state index contributed by atoms with van der Waals surface area (Å²) in [4.78, 5) is 32.7. The Morgan fingerprint density at radius 3 is 2.52 bits per heavy atom. The van der Waals surface area contributed by atoms with Gasteiger partial charge < -0.3 is 4.42 Å². The number of amides is 1. The number of carbonyl (C=O) groups is 1. The van der Waals surface area contributed by atoms with Crippen LogP contribution < -0.4 is 5.43 Å². The van der Waals surface area contributed by atoms with E-state index in [1.54, 1.807) is 12.1 Å². The van der Waals surface area contributed by atoms with Gasteiger partial charge in [-0.15, -0.1) is 0 Å². The largest absolute Gasteiger partial charge is 0.455 e. The monoisotopic (exact) mass is 458 g/mol. The van der Waals surface area contributed by atoms with Crippen molar-refractivity contribution >= 4 is 39.4 Å². The lowest BCUT2D eigenvalue weighted by atomic mass is 10.1. The Morgan fingerprint density at radius 2 is 1.83 bits per heavy atom. The predicted octanol–water partition coefficient (Wildman–Crippen LogP) is 4.29. The number of rotatable bonds is 6. The minimum absolute atomic E-state index is 0.0633. The molecule has 0 atom stereocenters. The van der Waals surface area contributed by atoms with Gasteiger partial charge in [-0.3, -0.25) is 25.0 Å². The molecule has 2 aromatic carbocycles. The van der Waals surface area contributed by atoms with E-state index in [2.05, 4.69) is 26.5 Å². The number of benzene rings is 2. The lowest BCUT2D eigenvalue weighted by Crippen LogP contribution is -2.18. The van der Waals surface area contributed by atoms with Gasteiger partial charge in [0.25, 0.3) is 17.3 Å². The molecule has 3 rings (SSSR count). The molecule has 0 saturated carbocycles. The Kier molecular flexibility index (Phi) is 5.79. The van der Waals surface area contributed by atoms with Crippen molar-refractivity contribution < 1.29 is 19.1 Å². The molecule has 146 valence electrons. The smallest absolute Gasteiger partial charge is 0.282 e. The van der Waals surface area contributed by atoms with E-state index in [9.17, 15) is 25.0 Å². The molecule has 0 fully saturated rings. The zero-order valence-electron chi connectivity index (χ0n) is 14.4. The fourth-order valence-electron chi connectivity index (χ4n) is 2.42. The molecule has 0 aliphatic rings. The van der Waals surface area contributed by atoms with Gasteiger partial charge in [0.15, 0.2) is 0 Å². The minimum Gasteiger partial charge on any atom is -0.455 e.